The number of hydrogen-bond acceptors (Lipinski definition) is 4. The van der Waals surface area contributed by atoms with Gasteiger partial charge in [-0.05, 0) is 11.6 Å². The van der Waals surface area contributed by atoms with Crippen molar-refractivity contribution < 1.29 is 5.11 Å². The van der Waals surface area contributed by atoms with E-state index in [1.807, 2.05) is 12.1 Å². The summed E-state index contributed by atoms with van der Waals surface area (Å²) in [5.41, 5.74) is 0.920. The van der Waals surface area contributed by atoms with Crippen molar-refractivity contribution in [2.45, 2.75) is 18.6 Å². The molecule has 0 amide bonds. The summed E-state index contributed by atoms with van der Waals surface area (Å²) in [4.78, 5) is 14.5. The van der Waals surface area contributed by atoms with Gasteiger partial charge < -0.3 is 5.11 Å². The molecule has 0 spiro atoms. The third-order valence-corrected chi connectivity index (χ3v) is 2.43. The van der Waals surface area contributed by atoms with Crippen LogP contribution in [0.5, 0.6) is 0 Å². The van der Waals surface area contributed by atoms with Gasteiger partial charge in [0.05, 0.1) is 24.0 Å². The summed E-state index contributed by atoms with van der Waals surface area (Å²) >= 11 is 0. The highest BCUT2D eigenvalue weighted by atomic mass is 16.3. The average Bonchev–Trinajstić information content (AvgIpc) is 2.61. The van der Waals surface area contributed by atoms with E-state index in [1.165, 1.54) is 5.01 Å². The van der Waals surface area contributed by atoms with E-state index in [1.54, 1.807) is 12.4 Å². The summed E-state index contributed by atoms with van der Waals surface area (Å²) in [6.07, 6.45) is 3.43. The van der Waals surface area contributed by atoms with Crippen LogP contribution in [-0.2, 0) is 0 Å². The van der Waals surface area contributed by atoms with E-state index in [9.17, 15) is 10.0 Å². The molecule has 1 aromatic rings. The zero-order valence-corrected chi connectivity index (χ0v) is 7.58. The first kappa shape index (κ1) is 9.08. The summed E-state index contributed by atoms with van der Waals surface area (Å²) in [7, 11) is 0. The van der Waals surface area contributed by atoms with Crippen molar-refractivity contribution in [3.05, 3.63) is 35.0 Å². The first-order valence-electron chi connectivity index (χ1n) is 4.49. The molecule has 2 heterocycles. The Labute approximate surface area is 81.3 Å². The Balaban J connectivity index is 2.22. The first-order valence-corrected chi connectivity index (χ1v) is 4.49. The number of rotatable bonds is 2. The fourth-order valence-corrected chi connectivity index (χ4v) is 1.77. The molecule has 0 radical (unpaired) electrons. The molecule has 0 bridgehead atoms. The highest BCUT2D eigenvalue weighted by Crippen LogP contribution is 2.31. The van der Waals surface area contributed by atoms with Crippen molar-refractivity contribution in [1.29, 1.82) is 0 Å². The maximum atomic E-state index is 10.5. The number of nitrogens with zero attached hydrogens (tertiary/aromatic N) is 3. The molecule has 1 aliphatic heterocycles. The van der Waals surface area contributed by atoms with Crippen LogP contribution in [0.3, 0.4) is 0 Å². The Hall–Kier alpha value is -1.49. The highest BCUT2D eigenvalue weighted by Gasteiger charge is 2.32. The van der Waals surface area contributed by atoms with Crippen molar-refractivity contribution in [3.63, 3.8) is 0 Å². The molecule has 2 rings (SSSR count). The van der Waals surface area contributed by atoms with Crippen LogP contribution in [0.1, 0.15) is 18.0 Å². The van der Waals surface area contributed by atoms with Crippen LogP contribution in [0.25, 0.3) is 0 Å². The van der Waals surface area contributed by atoms with E-state index in [0.29, 0.717) is 13.0 Å². The standard InChI is InChI=1S/C9H11N3O2/c13-8-4-9(12(6-8)11-14)7-2-1-3-10-5-7/h1-3,5,8-9,13H,4,6H2/t8-,9-/m0/s1. The van der Waals surface area contributed by atoms with Crippen LogP contribution in [0.2, 0.25) is 0 Å². The summed E-state index contributed by atoms with van der Waals surface area (Å²) < 4.78 is 0. The average molecular weight is 193 g/mol. The molecule has 1 fully saturated rings. The van der Waals surface area contributed by atoms with Gasteiger partial charge in [-0.25, -0.2) is 0 Å². The van der Waals surface area contributed by atoms with Crippen molar-refractivity contribution in [3.8, 4) is 0 Å². The Morgan fingerprint density at radius 3 is 3.14 bits per heavy atom. The second-order valence-corrected chi connectivity index (χ2v) is 3.40. The topological polar surface area (TPSA) is 65.8 Å². The Morgan fingerprint density at radius 1 is 1.64 bits per heavy atom. The molecule has 0 saturated carbocycles. The van der Waals surface area contributed by atoms with Gasteiger partial charge in [0.25, 0.3) is 0 Å². The Bertz CT molecular complexity index is 317. The van der Waals surface area contributed by atoms with E-state index in [0.717, 1.165) is 5.56 Å². The van der Waals surface area contributed by atoms with Gasteiger partial charge in [-0.3, -0.25) is 9.99 Å². The van der Waals surface area contributed by atoms with E-state index in [4.69, 9.17) is 0 Å². The fourth-order valence-electron chi connectivity index (χ4n) is 1.77. The molecule has 74 valence electrons. The second-order valence-electron chi connectivity index (χ2n) is 3.40. The van der Waals surface area contributed by atoms with Crippen molar-refractivity contribution in [1.82, 2.24) is 9.99 Å². The minimum absolute atomic E-state index is 0.129. The molecule has 1 saturated heterocycles. The lowest BCUT2D eigenvalue weighted by Gasteiger charge is -2.16. The van der Waals surface area contributed by atoms with E-state index < -0.39 is 6.10 Å². The number of aromatic nitrogens is 1. The summed E-state index contributed by atoms with van der Waals surface area (Å²) in [6.45, 7) is 0.309. The molecule has 1 N–H and O–H groups in total. The van der Waals surface area contributed by atoms with E-state index >= 15 is 0 Å². The van der Waals surface area contributed by atoms with E-state index in [2.05, 4.69) is 10.3 Å². The van der Waals surface area contributed by atoms with Crippen LogP contribution in [0, 0.1) is 4.91 Å². The first-order chi connectivity index (χ1) is 6.81. The lowest BCUT2D eigenvalue weighted by Crippen LogP contribution is -2.17. The highest BCUT2D eigenvalue weighted by molar-refractivity contribution is 5.15. The van der Waals surface area contributed by atoms with Crippen LogP contribution < -0.4 is 0 Å². The van der Waals surface area contributed by atoms with Crippen LogP contribution in [0.4, 0.5) is 0 Å². The van der Waals surface area contributed by atoms with Crippen molar-refractivity contribution >= 4 is 0 Å². The van der Waals surface area contributed by atoms with Gasteiger partial charge in [0.1, 0.15) is 0 Å². The van der Waals surface area contributed by atoms with Gasteiger partial charge in [-0.1, -0.05) is 6.07 Å². The molecule has 0 aliphatic carbocycles. The molecule has 0 unspecified atom stereocenters. The number of aliphatic hydroxyl groups excluding tert-OH is 1. The van der Waals surface area contributed by atoms with Gasteiger partial charge >= 0.3 is 0 Å². The van der Waals surface area contributed by atoms with Crippen LogP contribution in [-0.4, -0.2) is 27.7 Å². The molecule has 5 heteroatoms. The molecule has 14 heavy (non-hydrogen) atoms. The number of nitroso groups, excluding NO2 is 1. The maximum absolute atomic E-state index is 10.5. The smallest absolute Gasteiger partial charge is 0.0793 e. The minimum Gasteiger partial charge on any atom is -0.391 e. The second kappa shape index (κ2) is 3.71. The summed E-state index contributed by atoms with van der Waals surface area (Å²) in [5.74, 6) is 0. The molecule has 1 aliphatic rings. The lowest BCUT2D eigenvalue weighted by molar-refractivity contribution is 0.176. The van der Waals surface area contributed by atoms with Gasteiger partial charge in [-0.2, -0.15) is 0 Å². The Kier molecular flexibility index (Phi) is 2.41. The van der Waals surface area contributed by atoms with Gasteiger partial charge in [0, 0.05) is 18.8 Å². The molecular weight excluding hydrogens is 182 g/mol. The minimum atomic E-state index is -0.474. The number of pyridine rings is 1. The Morgan fingerprint density at radius 2 is 2.50 bits per heavy atom. The third-order valence-electron chi connectivity index (χ3n) is 2.43. The third kappa shape index (κ3) is 1.58. The van der Waals surface area contributed by atoms with Gasteiger partial charge in [-0.15, -0.1) is 4.91 Å². The zero-order valence-electron chi connectivity index (χ0n) is 7.58. The summed E-state index contributed by atoms with van der Waals surface area (Å²) in [5, 5.41) is 13.7. The number of β-amino-alcohol motifs (C(OH)–C–C–N with tert-alkyl or cyclic N) is 1. The lowest BCUT2D eigenvalue weighted by atomic mass is 10.1. The molecule has 0 aromatic carbocycles. The fraction of sp³-hybridized carbons (Fsp3) is 0.444. The predicted octanol–water partition coefficient (Wildman–Crippen LogP) is 0.871. The normalized spacial score (nSPS) is 26.5. The molecule has 1 aromatic heterocycles. The zero-order chi connectivity index (χ0) is 9.97. The largest absolute Gasteiger partial charge is 0.391 e. The van der Waals surface area contributed by atoms with Gasteiger partial charge in [0.15, 0.2) is 0 Å². The van der Waals surface area contributed by atoms with Crippen molar-refractivity contribution in [2.75, 3.05) is 6.54 Å². The van der Waals surface area contributed by atoms with E-state index in [-0.39, 0.29) is 6.04 Å². The quantitative estimate of drug-likeness (QED) is 0.708. The monoisotopic (exact) mass is 193 g/mol. The SMILES string of the molecule is O=NN1C[C@@H](O)C[C@H]1c1cccnc1. The predicted molar refractivity (Wildman–Crippen MR) is 50.1 cm³/mol. The van der Waals surface area contributed by atoms with Crippen LogP contribution in [0.15, 0.2) is 29.8 Å². The maximum Gasteiger partial charge on any atom is 0.0793 e. The van der Waals surface area contributed by atoms with Gasteiger partial charge in [0.2, 0.25) is 0 Å². The van der Waals surface area contributed by atoms with Crippen LogP contribution >= 0.6 is 0 Å². The molecule has 2 atom stereocenters. The summed E-state index contributed by atoms with van der Waals surface area (Å²) in [6, 6.07) is 3.56. The molecule has 5 nitrogen and oxygen atoms in total. The van der Waals surface area contributed by atoms with Crippen molar-refractivity contribution in [2.24, 2.45) is 5.29 Å². The number of aliphatic hydroxyl groups is 1. The molecular formula is C9H11N3O2. The number of hydrogen-bond donors (Lipinski definition) is 1.